The number of rotatable bonds is 0. The van der Waals surface area contributed by atoms with Crippen molar-refractivity contribution in [3.8, 4) is 0 Å². The van der Waals surface area contributed by atoms with Crippen LogP contribution in [0.5, 0.6) is 0 Å². The quantitative estimate of drug-likeness (QED) is 0.705. The number of hydrogen-bond acceptors (Lipinski definition) is 5. The highest BCUT2D eigenvalue weighted by Gasteiger charge is 2.55. The van der Waals surface area contributed by atoms with E-state index in [0.29, 0.717) is 16.4 Å². The Morgan fingerprint density at radius 3 is 3.00 bits per heavy atom. The van der Waals surface area contributed by atoms with Gasteiger partial charge < -0.3 is 10.8 Å². The maximum absolute atomic E-state index is 11.7. The van der Waals surface area contributed by atoms with E-state index in [4.69, 9.17) is 5.73 Å². The summed E-state index contributed by atoms with van der Waals surface area (Å²) in [6.45, 7) is 1.47. The van der Waals surface area contributed by atoms with E-state index in [-0.39, 0.29) is 5.91 Å². The van der Waals surface area contributed by atoms with Crippen molar-refractivity contribution in [2.24, 2.45) is 10.7 Å². The predicted octanol–water partition coefficient (Wildman–Crippen LogP) is 0.586. The number of benzene rings is 1. The van der Waals surface area contributed by atoms with Crippen LogP contribution >= 0.6 is 11.8 Å². The highest BCUT2D eigenvalue weighted by molar-refractivity contribution is 8.14. The molecule has 1 aromatic carbocycles. The number of thioether (sulfide) groups is 1. The van der Waals surface area contributed by atoms with Gasteiger partial charge in [-0.2, -0.15) is 0 Å². The van der Waals surface area contributed by atoms with Crippen LogP contribution < -0.4 is 10.6 Å². The van der Waals surface area contributed by atoms with Crippen molar-refractivity contribution in [1.82, 2.24) is 0 Å². The van der Waals surface area contributed by atoms with Crippen molar-refractivity contribution < 1.29 is 9.90 Å². The largest absolute Gasteiger partial charge is 0.378 e. The van der Waals surface area contributed by atoms with Crippen molar-refractivity contribution in [3.63, 3.8) is 0 Å². The minimum atomic E-state index is -1.41. The van der Waals surface area contributed by atoms with Crippen LogP contribution in [0.25, 0.3) is 0 Å². The number of nitrogens with two attached hydrogens (primary N) is 1. The minimum absolute atomic E-state index is 0.129. The van der Waals surface area contributed by atoms with E-state index in [0.717, 1.165) is 0 Å². The molecule has 0 saturated carbocycles. The number of aliphatic imine (C=N–C) groups is 1. The Morgan fingerprint density at radius 1 is 1.59 bits per heavy atom. The summed E-state index contributed by atoms with van der Waals surface area (Å²) in [6.07, 6.45) is 0. The zero-order chi connectivity index (χ0) is 12.2. The molecule has 1 amide bonds. The van der Waals surface area contributed by atoms with Gasteiger partial charge in [-0.3, -0.25) is 9.69 Å². The predicted molar refractivity (Wildman–Crippen MR) is 66.5 cm³/mol. The number of fused-ring (bicyclic) bond motifs is 3. The van der Waals surface area contributed by atoms with Crippen LogP contribution in [-0.4, -0.2) is 21.6 Å². The zero-order valence-electron chi connectivity index (χ0n) is 9.12. The summed E-state index contributed by atoms with van der Waals surface area (Å²) in [7, 11) is 0. The number of para-hydroxylation sites is 1. The Labute approximate surface area is 102 Å². The van der Waals surface area contributed by atoms with Crippen molar-refractivity contribution in [3.05, 3.63) is 29.8 Å². The van der Waals surface area contributed by atoms with Crippen molar-refractivity contribution >= 4 is 28.5 Å². The van der Waals surface area contributed by atoms with Crippen LogP contribution in [0.3, 0.4) is 0 Å². The maximum atomic E-state index is 11.7. The smallest absolute Gasteiger partial charge is 0.225 e. The molecule has 2 aliphatic heterocycles. The molecule has 0 aromatic heterocycles. The van der Waals surface area contributed by atoms with Crippen LogP contribution in [0.2, 0.25) is 0 Å². The zero-order valence-corrected chi connectivity index (χ0v) is 9.94. The summed E-state index contributed by atoms with van der Waals surface area (Å²) in [4.78, 5) is 17.3. The fourth-order valence-corrected chi connectivity index (χ4v) is 3.46. The molecule has 0 radical (unpaired) electrons. The van der Waals surface area contributed by atoms with Crippen LogP contribution in [0.1, 0.15) is 12.5 Å². The topological polar surface area (TPSA) is 78.9 Å². The number of aliphatic hydroxyl groups is 1. The van der Waals surface area contributed by atoms with E-state index in [1.165, 1.54) is 18.7 Å². The molecular weight excluding hydrogens is 238 g/mol. The van der Waals surface area contributed by atoms with Gasteiger partial charge in [-0.15, -0.1) is 0 Å². The van der Waals surface area contributed by atoms with Crippen LogP contribution in [0, 0.1) is 0 Å². The Morgan fingerprint density at radius 2 is 2.29 bits per heavy atom. The van der Waals surface area contributed by atoms with Crippen LogP contribution in [0.4, 0.5) is 5.69 Å². The van der Waals surface area contributed by atoms with E-state index < -0.39 is 11.1 Å². The lowest BCUT2D eigenvalue weighted by atomic mass is 10.1. The fraction of sp³-hybridized carbons (Fsp3) is 0.273. The Bertz CT molecular complexity index is 545. The van der Waals surface area contributed by atoms with Gasteiger partial charge in [0.15, 0.2) is 5.17 Å². The van der Waals surface area contributed by atoms with Crippen molar-refractivity contribution in [1.29, 1.82) is 0 Å². The molecule has 3 N–H and O–H groups in total. The molecule has 5 nitrogen and oxygen atoms in total. The highest BCUT2D eigenvalue weighted by Crippen LogP contribution is 2.52. The molecule has 17 heavy (non-hydrogen) atoms. The summed E-state index contributed by atoms with van der Waals surface area (Å²) >= 11 is 1.21. The standard InChI is InChI=1S/C11H11N3O2S/c1-6(15)14-8-5-3-2-4-7(8)11(16)9(14)17-10(12)13-11/h2-5,9,16H,1H3,(H2,12,13)/t9-,11-/m1/s1. The normalized spacial score (nSPS) is 29.9. The number of nitrogens with zero attached hydrogens (tertiary/aromatic N) is 2. The van der Waals surface area contributed by atoms with Gasteiger partial charge in [-0.1, -0.05) is 30.0 Å². The number of hydrogen-bond donors (Lipinski definition) is 2. The third kappa shape index (κ3) is 1.25. The molecule has 0 spiro atoms. The second kappa shape index (κ2) is 3.24. The number of amides is 1. The monoisotopic (exact) mass is 249 g/mol. The summed E-state index contributed by atoms with van der Waals surface area (Å²) in [6, 6.07) is 7.22. The fourth-order valence-electron chi connectivity index (χ4n) is 2.33. The van der Waals surface area contributed by atoms with Gasteiger partial charge in [0, 0.05) is 12.5 Å². The number of anilines is 1. The first-order chi connectivity index (χ1) is 8.04. The molecule has 2 heterocycles. The summed E-state index contributed by atoms with van der Waals surface area (Å²) in [5, 5.41) is 10.4. The lowest BCUT2D eigenvalue weighted by molar-refractivity contribution is -0.117. The number of amidine groups is 1. The molecule has 0 unspecified atom stereocenters. The van der Waals surface area contributed by atoms with E-state index in [2.05, 4.69) is 4.99 Å². The first-order valence-corrected chi connectivity index (χ1v) is 6.05. The first-order valence-electron chi connectivity index (χ1n) is 5.17. The van der Waals surface area contributed by atoms with Gasteiger partial charge in [0.1, 0.15) is 5.37 Å². The third-order valence-corrected chi connectivity index (χ3v) is 4.09. The lowest BCUT2D eigenvalue weighted by Crippen LogP contribution is -2.41. The molecule has 0 aliphatic carbocycles. The van der Waals surface area contributed by atoms with Crippen LogP contribution in [-0.2, 0) is 10.5 Å². The van der Waals surface area contributed by atoms with E-state index >= 15 is 0 Å². The van der Waals surface area contributed by atoms with E-state index in [9.17, 15) is 9.90 Å². The number of carbonyl (C=O) groups excluding carboxylic acids is 1. The van der Waals surface area contributed by atoms with Gasteiger partial charge in [-0.25, -0.2) is 4.99 Å². The second-order valence-corrected chi connectivity index (χ2v) is 5.15. The molecule has 0 fully saturated rings. The third-order valence-electron chi connectivity index (χ3n) is 2.99. The summed E-state index contributed by atoms with van der Waals surface area (Å²) in [5.41, 5.74) is 5.58. The summed E-state index contributed by atoms with van der Waals surface area (Å²) in [5.74, 6) is -0.129. The lowest BCUT2D eigenvalue weighted by Gasteiger charge is -2.24. The maximum Gasteiger partial charge on any atom is 0.225 e. The minimum Gasteiger partial charge on any atom is -0.378 e. The van der Waals surface area contributed by atoms with Crippen LogP contribution in [0.15, 0.2) is 29.3 Å². The average Bonchev–Trinajstić information content (AvgIpc) is 2.66. The van der Waals surface area contributed by atoms with Gasteiger partial charge in [0.05, 0.1) is 5.69 Å². The molecule has 3 rings (SSSR count). The Hall–Kier alpha value is -1.53. The van der Waals surface area contributed by atoms with Gasteiger partial charge in [0.25, 0.3) is 0 Å². The average molecular weight is 249 g/mol. The molecule has 0 saturated heterocycles. The molecule has 2 atom stereocenters. The number of carbonyl (C=O) groups is 1. The van der Waals surface area contributed by atoms with Gasteiger partial charge in [-0.05, 0) is 6.07 Å². The van der Waals surface area contributed by atoms with E-state index in [1.807, 2.05) is 12.1 Å². The molecule has 0 bridgehead atoms. The molecule has 2 aliphatic rings. The van der Waals surface area contributed by atoms with Gasteiger partial charge in [0.2, 0.25) is 11.6 Å². The summed E-state index contributed by atoms with van der Waals surface area (Å²) < 4.78 is 0. The van der Waals surface area contributed by atoms with Crippen molar-refractivity contribution in [2.75, 3.05) is 4.90 Å². The Kier molecular flexibility index (Phi) is 2.02. The SMILES string of the molecule is CC(=O)N1c2ccccc2[C@]2(O)N=C(N)S[C@@H]12. The second-order valence-electron chi connectivity index (χ2n) is 4.05. The molecule has 88 valence electrons. The van der Waals surface area contributed by atoms with E-state index in [1.54, 1.807) is 17.0 Å². The highest BCUT2D eigenvalue weighted by atomic mass is 32.2. The molecule has 6 heteroatoms. The van der Waals surface area contributed by atoms with Gasteiger partial charge >= 0.3 is 0 Å². The molecule has 1 aromatic rings. The molecular formula is C11H11N3O2S. The first kappa shape index (κ1) is 10.6. The Balaban J connectivity index is 2.24. The van der Waals surface area contributed by atoms with Crippen molar-refractivity contribution in [2.45, 2.75) is 18.0 Å².